The average molecular weight is 581 g/mol. The van der Waals surface area contributed by atoms with Gasteiger partial charge in [0.1, 0.15) is 17.9 Å². The van der Waals surface area contributed by atoms with Gasteiger partial charge in [0.25, 0.3) is 0 Å². The second-order valence-corrected chi connectivity index (χ2v) is 11.7. The minimum Gasteiger partial charge on any atom is -0.493 e. The molecule has 2 bridgehead atoms. The fourth-order valence-electron chi connectivity index (χ4n) is 7.39. The Balaban J connectivity index is 1.25. The highest BCUT2D eigenvalue weighted by Crippen LogP contribution is 2.67. The van der Waals surface area contributed by atoms with Crippen LogP contribution in [0, 0.1) is 5.92 Å². The molecule has 42 heavy (non-hydrogen) atoms. The monoisotopic (exact) mass is 580 g/mol. The summed E-state index contributed by atoms with van der Waals surface area (Å²) >= 11 is 0. The molecule has 12 heteroatoms. The highest BCUT2D eigenvalue weighted by molar-refractivity contribution is 5.86. The van der Waals surface area contributed by atoms with Crippen LogP contribution in [0.1, 0.15) is 55.8 Å². The van der Waals surface area contributed by atoms with E-state index in [9.17, 15) is 24.6 Å². The summed E-state index contributed by atoms with van der Waals surface area (Å²) in [4.78, 5) is 45.0. The van der Waals surface area contributed by atoms with E-state index in [1.165, 1.54) is 13.3 Å². The molecule has 6 atom stereocenters. The van der Waals surface area contributed by atoms with Gasteiger partial charge in [-0.05, 0) is 56.2 Å². The van der Waals surface area contributed by atoms with E-state index in [1.807, 2.05) is 12.1 Å². The molecule has 2 amide bonds. The zero-order valence-corrected chi connectivity index (χ0v) is 23.6. The van der Waals surface area contributed by atoms with E-state index in [0.29, 0.717) is 35.8 Å². The van der Waals surface area contributed by atoms with Gasteiger partial charge in [-0.25, -0.2) is 9.78 Å². The Morgan fingerprint density at radius 3 is 2.88 bits per heavy atom. The summed E-state index contributed by atoms with van der Waals surface area (Å²) < 4.78 is 18.2. The Morgan fingerprint density at radius 1 is 1.31 bits per heavy atom. The number of imidazole rings is 1. The topological polar surface area (TPSA) is 172 Å². The van der Waals surface area contributed by atoms with Gasteiger partial charge in [-0.3, -0.25) is 9.59 Å². The normalized spacial score (nSPS) is 28.0. The molecule has 2 aromatic rings. The lowest BCUT2D eigenvalue weighted by molar-refractivity contribution is -0.161. The number of nitrogens with one attached hydrogen (secondary N) is 3. The van der Waals surface area contributed by atoms with Crippen molar-refractivity contribution < 1.29 is 38.8 Å². The summed E-state index contributed by atoms with van der Waals surface area (Å²) in [6.45, 7) is 1.32. The molecule has 1 aromatic heterocycles. The number of benzene rings is 1. The molecule has 4 aliphatic rings. The number of amides is 2. The zero-order valence-electron chi connectivity index (χ0n) is 23.6. The molecule has 224 valence electrons. The van der Waals surface area contributed by atoms with Gasteiger partial charge in [0.05, 0.1) is 24.5 Å². The molecule has 1 aliphatic heterocycles. The average Bonchev–Trinajstić information content (AvgIpc) is 3.59. The number of H-pyrrole nitrogens is 1. The van der Waals surface area contributed by atoms with E-state index in [2.05, 4.69) is 20.6 Å². The number of aromatic nitrogens is 2. The predicted octanol–water partition coefficient (Wildman–Crippen LogP) is 0.950. The van der Waals surface area contributed by atoms with Crippen LogP contribution in [0.4, 0.5) is 0 Å². The molecule has 1 fully saturated rings. The number of carbonyl (C=O) groups is 3. The van der Waals surface area contributed by atoms with Crippen molar-refractivity contribution in [1.82, 2.24) is 20.6 Å². The predicted molar refractivity (Wildman–Crippen MR) is 147 cm³/mol. The standard InChI is InChI=1S/C30H36N4O8/c1-16(35)27(37)32-11-8-23(36)34-20(13-19-14-31-15-33-19)28(38)41-22-7-10-30(39)18-4-3-9-29(30)24-17(12-18)5-6-21(40-2)25(24)42-26(22)29/h5-7,14-16,18,20,26,35,39H,3-4,8-13H2,1-2H3,(H,31,33)(H,32,37)(H,34,36)/t16-,18+,20-,26-,29-,30+/m0/s1. The van der Waals surface area contributed by atoms with Crippen LogP contribution >= 0.6 is 0 Å². The van der Waals surface area contributed by atoms with Gasteiger partial charge in [-0.1, -0.05) is 12.5 Å². The largest absolute Gasteiger partial charge is 0.493 e. The van der Waals surface area contributed by atoms with Crippen LogP contribution in [0.5, 0.6) is 11.5 Å². The number of aromatic amines is 1. The molecule has 5 N–H and O–H groups in total. The lowest BCUT2D eigenvalue weighted by Gasteiger charge is -2.59. The van der Waals surface area contributed by atoms with E-state index >= 15 is 0 Å². The fourth-order valence-corrected chi connectivity index (χ4v) is 7.39. The van der Waals surface area contributed by atoms with Gasteiger partial charge < -0.3 is 40.0 Å². The lowest BCUT2D eigenvalue weighted by atomic mass is 9.47. The first-order valence-electron chi connectivity index (χ1n) is 14.4. The number of hydrogen-bond acceptors (Lipinski definition) is 9. The van der Waals surface area contributed by atoms with Gasteiger partial charge in [0, 0.05) is 36.8 Å². The number of aliphatic hydroxyl groups excluding tert-OH is 1. The SMILES string of the molecule is COc1ccc2c3c1O[C@H]1C(OC(=O)[C@H](Cc4cnc[nH]4)NC(=O)CCNC(=O)[C@H](C)O)=CC[C@@]4(O)[C@H](CCC[C@]314)C2. The van der Waals surface area contributed by atoms with Gasteiger partial charge in [0.2, 0.25) is 11.8 Å². The maximum Gasteiger partial charge on any atom is 0.334 e. The zero-order chi connectivity index (χ0) is 29.6. The van der Waals surface area contributed by atoms with Crippen LogP contribution < -0.4 is 20.1 Å². The smallest absolute Gasteiger partial charge is 0.334 e. The molecule has 1 spiro atoms. The Bertz CT molecular complexity index is 1420. The minimum atomic E-state index is -1.19. The van der Waals surface area contributed by atoms with E-state index in [1.54, 1.807) is 19.4 Å². The van der Waals surface area contributed by atoms with Crippen molar-refractivity contribution in [2.75, 3.05) is 13.7 Å². The summed E-state index contributed by atoms with van der Waals surface area (Å²) in [7, 11) is 1.58. The van der Waals surface area contributed by atoms with Crippen molar-refractivity contribution in [3.8, 4) is 11.5 Å². The maximum atomic E-state index is 13.7. The third-order valence-corrected chi connectivity index (χ3v) is 9.32. The van der Waals surface area contributed by atoms with Crippen molar-refractivity contribution >= 4 is 17.8 Å². The van der Waals surface area contributed by atoms with Crippen molar-refractivity contribution in [3.63, 3.8) is 0 Å². The fraction of sp³-hybridized carbons (Fsp3) is 0.533. The quantitative estimate of drug-likeness (QED) is 0.257. The van der Waals surface area contributed by atoms with Gasteiger partial charge in [0.15, 0.2) is 17.6 Å². The molecule has 0 radical (unpaired) electrons. The van der Waals surface area contributed by atoms with Crippen LogP contribution in [0.25, 0.3) is 0 Å². The van der Waals surface area contributed by atoms with Crippen molar-refractivity contribution in [2.24, 2.45) is 5.92 Å². The molecule has 0 unspecified atom stereocenters. The van der Waals surface area contributed by atoms with Crippen LogP contribution in [-0.4, -0.2) is 75.5 Å². The maximum absolute atomic E-state index is 13.7. The molecule has 2 heterocycles. The number of rotatable bonds is 10. The van der Waals surface area contributed by atoms with E-state index in [0.717, 1.165) is 30.4 Å². The Hall–Kier alpha value is -3.90. The second kappa shape index (κ2) is 10.7. The molecule has 1 saturated carbocycles. The van der Waals surface area contributed by atoms with Crippen LogP contribution in [-0.2, 0) is 37.4 Å². The first-order chi connectivity index (χ1) is 20.2. The molecule has 6 rings (SSSR count). The highest BCUT2D eigenvalue weighted by atomic mass is 16.6. The van der Waals surface area contributed by atoms with Gasteiger partial charge >= 0.3 is 5.97 Å². The second-order valence-electron chi connectivity index (χ2n) is 11.7. The van der Waals surface area contributed by atoms with Crippen molar-refractivity contribution in [1.29, 1.82) is 0 Å². The third kappa shape index (κ3) is 4.44. The number of ether oxygens (including phenoxy) is 3. The summed E-state index contributed by atoms with van der Waals surface area (Å²) in [5.74, 6) is -0.234. The Morgan fingerprint density at radius 2 is 2.14 bits per heavy atom. The van der Waals surface area contributed by atoms with E-state index in [4.69, 9.17) is 14.2 Å². The molecule has 12 nitrogen and oxygen atoms in total. The number of hydrogen-bond donors (Lipinski definition) is 5. The molecular weight excluding hydrogens is 544 g/mol. The highest BCUT2D eigenvalue weighted by Gasteiger charge is 2.71. The number of carbonyl (C=O) groups excluding carboxylic acids is 3. The molecular formula is C30H36N4O8. The Labute approximate surface area is 242 Å². The first-order valence-corrected chi connectivity index (χ1v) is 14.4. The van der Waals surface area contributed by atoms with Crippen molar-refractivity contribution in [2.45, 2.75) is 81.1 Å². The van der Waals surface area contributed by atoms with Crippen LogP contribution in [0.15, 0.2) is 36.5 Å². The van der Waals surface area contributed by atoms with Crippen molar-refractivity contribution in [3.05, 3.63) is 53.3 Å². The number of aliphatic hydroxyl groups is 2. The number of methoxy groups -OCH3 is 1. The summed E-state index contributed by atoms with van der Waals surface area (Å²) in [5, 5.41) is 26.8. The summed E-state index contributed by atoms with van der Waals surface area (Å²) in [5.41, 5.74) is 0.876. The van der Waals surface area contributed by atoms with E-state index in [-0.39, 0.29) is 25.3 Å². The lowest BCUT2D eigenvalue weighted by Crippen LogP contribution is -2.67. The van der Waals surface area contributed by atoms with Crippen LogP contribution in [0.3, 0.4) is 0 Å². The summed E-state index contributed by atoms with van der Waals surface area (Å²) in [6.07, 6.45) is 6.42. The molecule has 1 aromatic carbocycles. The minimum absolute atomic E-state index is 0.00679. The Kier molecular flexibility index (Phi) is 7.22. The summed E-state index contributed by atoms with van der Waals surface area (Å²) in [6, 6.07) is 2.87. The first kappa shape index (κ1) is 28.2. The number of esters is 1. The van der Waals surface area contributed by atoms with Gasteiger partial charge in [-0.2, -0.15) is 0 Å². The molecule has 0 saturated heterocycles. The van der Waals surface area contributed by atoms with Gasteiger partial charge in [-0.15, -0.1) is 0 Å². The molecule has 3 aliphatic carbocycles. The van der Waals surface area contributed by atoms with Crippen LogP contribution in [0.2, 0.25) is 0 Å². The number of nitrogens with zero attached hydrogens (tertiary/aromatic N) is 1. The van der Waals surface area contributed by atoms with E-state index < -0.39 is 47.0 Å². The third-order valence-electron chi connectivity index (χ3n) is 9.32.